The Morgan fingerprint density at radius 1 is 1.43 bits per heavy atom. The van der Waals surface area contributed by atoms with Crippen LogP contribution in [-0.2, 0) is 4.74 Å². The van der Waals surface area contributed by atoms with E-state index in [4.69, 9.17) is 16.2 Å². The number of para-hydroxylation sites is 1. The number of hydrogen-bond acceptors (Lipinski definition) is 5. The highest BCUT2D eigenvalue weighted by molar-refractivity contribution is 5.68. The summed E-state index contributed by atoms with van der Waals surface area (Å²) in [5.74, 6) is 0. The molecule has 1 fully saturated rings. The van der Waals surface area contributed by atoms with E-state index in [1.54, 1.807) is 0 Å². The molecule has 0 saturated carbocycles. The number of hydrogen-bond donors (Lipinski definition) is 3. The summed E-state index contributed by atoms with van der Waals surface area (Å²) in [5, 5.41) is 2.94. The van der Waals surface area contributed by atoms with Crippen LogP contribution in [0.3, 0.4) is 0 Å². The van der Waals surface area contributed by atoms with Gasteiger partial charge < -0.3 is 21.5 Å². The van der Waals surface area contributed by atoms with Gasteiger partial charge in [0.1, 0.15) is 5.60 Å². The van der Waals surface area contributed by atoms with E-state index in [-0.39, 0.29) is 18.2 Å². The molecule has 1 heterocycles. The molecule has 0 aliphatic carbocycles. The Bertz CT molecular complexity index is 542. The summed E-state index contributed by atoms with van der Waals surface area (Å²) in [6.07, 6.45) is 0.510. The van der Waals surface area contributed by atoms with Crippen molar-refractivity contribution >= 4 is 11.8 Å². The van der Waals surface area contributed by atoms with Gasteiger partial charge in [-0.3, -0.25) is 4.90 Å². The molecule has 1 aliphatic rings. The number of alkyl carbamates (subject to hydrolysis) is 1. The van der Waals surface area contributed by atoms with Crippen molar-refractivity contribution in [1.29, 1.82) is 0 Å². The van der Waals surface area contributed by atoms with Gasteiger partial charge >= 0.3 is 6.09 Å². The molecule has 0 aromatic heterocycles. The maximum absolute atomic E-state index is 11.9. The van der Waals surface area contributed by atoms with Gasteiger partial charge in [-0.25, -0.2) is 4.79 Å². The molecule has 6 nitrogen and oxygen atoms in total. The molecule has 23 heavy (non-hydrogen) atoms. The molecule has 1 amide bonds. The van der Waals surface area contributed by atoms with Gasteiger partial charge in [0.25, 0.3) is 0 Å². The third-order valence-corrected chi connectivity index (χ3v) is 3.96. The molecule has 0 bridgehead atoms. The molecule has 1 aromatic carbocycles. The summed E-state index contributed by atoms with van der Waals surface area (Å²) >= 11 is 0. The molecular formula is C17H28N4O2. The predicted octanol–water partition coefficient (Wildman–Crippen LogP) is 1.87. The lowest BCUT2D eigenvalue weighted by Crippen LogP contribution is -2.41. The Hall–Kier alpha value is -1.79. The number of nitrogens with two attached hydrogens (primary N) is 2. The van der Waals surface area contributed by atoms with Crippen LogP contribution in [0.1, 0.15) is 38.8 Å². The molecule has 5 N–H and O–H groups in total. The van der Waals surface area contributed by atoms with Gasteiger partial charge in [-0.15, -0.1) is 0 Å². The number of rotatable bonds is 4. The molecule has 1 aromatic rings. The standard InChI is InChI=1S/C17H28N4O2/c1-17(2,3)23-16(22)20-12-8-9-21(11-12)15(10-18)13-6-4-5-7-14(13)19/h4-7,12,15H,8-11,18-19H2,1-3H3,(H,20,22)/t12-,15-/m1/s1. The fraction of sp³-hybridized carbons (Fsp3) is 0.588. The molecule has 128 valence electrons. The van der Waals surface area contributed by atoms with Crippen LogP contribution in [-0.4, -0.2) is 42.3 Å². The summed E-state index contributed by atoms with van der Waals surface area (Å²) in [6.45, 7) is 7.68. The number of benzene rings is 1. The number of ether oxygens (including phenoxy) is 1. The summed E-state index contributed by atoms with van der Waals surface area (Å²) in [6, 6.07) is 7.95. The third-order valence-electron chi connectivity index (χ3n) is 3.96. The monoisotopic (exact) mass is 320 g/mol. The third kappa shape index (κ3) is 4.84. The Labute approximate surface area is 138 Å². The van der Waals surface area contributed by atoms with Crippen molar-refractivity contribution in [3.05, 3.63) is 29.8 Å². The van der Waals surface area contributed by atoms with E-state index in [0.29, 0.717) is 6.54 Å². The van der Waals surface area contributed by atoms with Crippen LogP contribution < -0.4 is 16.8 Å². The number of likely N-dealkylation sites (tertiary alicyclic amines) is 1. The SMILES string of the molecule is CC(C)(C)OC(=O)N[C@@H]1CCN([C@H](CN)c2ccccc2N)C1. The number of nitrogens with one attached hydrogen (secondary N) is 1. The van der Waals surface area contributed by atoms with Crippen LogP contribution >= 0.6 is 0 Å². The quantitative estimate of drug-likeness (QED) is 0.736. The topological polar surface area (TPSA) is 93.6 Å². The molecule has 6 heteroatoms. The van der Waals surface area contributed by atoms with Crippen LogP contribution in [0, 0.1) is 0 Å². The largest absolute Gasteiger partial charge is 0.444 e. The average Bonchev–Trinajstić information content (AvgIpc) is 2.87. The molecule has 1 aliphatic heterocycles. The fourth-order valence-electron chi connectivity index (χ4n) is 2.95. The minimum absolute atomic E-state index is 0.0710. The number of anilines is 1. The lowest BCUT2D eigenvalue weighted by Gasteiger charge is -2.28. The maximum atomic E-state index is 11.9. The van der Waals surface area contributed by atoms with Crippen molar-refractivity contribution < 1.29 is 9.53 Å². The van der Waals surface area contributed by atoms with Crippen molar-refractivity contribution in [2.24, 2.45) is 5.73 Å². The van der Waals surface area contributed by atoms with E-state index in [1.165, 1.54) is 0 Å². The maximum Gasteiger partial charge on any atom is 0.407 e. The summed E-state index contributed by atoms with van der Waals surface area (Å²) in [5.41, 5.74) is 13.4. The second kappa shape index (κ2) is 7.19. The average molecular weight is 320 g/mol. The first kappa shape index (κ1) is 17.6. The highest BCUT2D eigenvalue weighted by atomic mass is 16.6. The number of nitrogen functional groups attached to an aromatic ring is 1. The smallest absolute Gasteiger partial charge is 0.407 e. The van der Waals surface area contributed by atoms with Gasteiger partial charge in [0.15, 0.2) is 0 Å². The van der Waals surface area contributed by atoms with Gasteiger partial charge in [0.2, 0.25) is 0 Å². The second-order valence-corrected chi connectivity index (χ2v) is 7.01. The van der Waals surface area contributed by atoms with Gasteiger partial charge in [0, 0.05) is 37.4 Å². The first-order valence-electron chi connectivity index (χ1n) is 8.08. The van der Waals surface area contributed by atoms with Crippen LogP contribution in [0.2, 0.25) is 0 Å². The van der Waals surface area contributed by atoms with Gasteiger partial charge in [-0.05, 0) is 38.8 Å². The van der Waals surface area contributed by atoms with Crippen molar-refractivity contribution in [3.8, 4) is 0 Å². The van der Waals surface area contributed by atoms with Crippen molar-refractivity contribution in [2.45, 2.75) is 44.9 Å². The number of nitrogens with zero attached hydrogens (tertiary/aromatic N) is 1. The summed E-state index contributed by atoms with van der Waals surface area (Å²) in [7, 11) is 0. The molecule has 0 radical (unpaired) electrons. The highest BCUT2D eigenvalue weighted by Gasteiger charge is 2.31. The normalized spacial score (nSPS) is 20.3. The molecule has 1 saturated heterocycles. The molecule has 0 spiro atoms. The summed E-state index contributed by atoms with van der Waals surface area (Å²) < 4.78 is 5.31. The first-order valence-corrected chi connectivity index (χ1v) is 8.08. The Morgan fingerprint density at radius 3 is 2.74 bits per heavy atom. The first-order chi connectivity index (χ1) is 10.8. The lowest BCUT2D eigenvalue weighted by molar-refractivity contribution is 0.0504. The molecule has 2 atom stereocenters. The zero-order valence-corrected chi connectivity index (χ0v) is 14.2. The lowest BCUT2D eigenvalue weighted by atomic mass is 10.0. The van der Waals surface area contributed by atoms with E-state index >= 15 is 0 Å². The van der Waals surface area contributed by atoms with Crippen LogP contribution in [0.4, 0.5) is 10.5 Å². The van der Waals surface area contributed by atoms with Crippen LogP contribution in [0.5, 0.6) is 0 Å². The van der Waals surface area contributed by atoms with Crippen LogP contribution in [0.15, 0.2) is 24.3 Å². The number of carbonyl (C=O) groups excluding carboxylic acids is 1. The Kier molecular flexibility index (Phi) is 5.49. The molecule has 2 rings (SSSR count). The van der Waals surface area contributed by atoms with E-state index in [0.717, 1.165) is 30.8 Å². The Morgan fingerprint density at radius 2 is 2.13 bits per heavy atom. The number of amides is 1. The number of carbonyl (C=O) groups is 1. The Balaban J connectivity index is 1.96. The van der Waals surface area contributed by atoms with Crippen molar-refractivity contribution in [2.75, 3.05) is 25.4 Å². The minimum atomic E-state index is -0.485. The van der Waals surface area contributed by atoms with Crippen LogP contribution in [0.25, 0.3) is 0 Å². The minimum Gasteiger partial charge on any atom is -0.444 e. The highest BCUT2D eigenvalue weighted by Crippen LogP contribution is 2.28. The molecule has 0 unspecified atom stereocenters. The van der Waals surface area contributed by atoms with Gasteiger partial charge in [0.05, 0.1) is 0 Å². The van der Waals surface area contributed by atoms with Crippen molar-refractivity contribution in [1.82, 2.24) is 10.2 Å². The fourth-order valence-corrected chi connectivity index (χ4v) is 2.95. The van der Waals surface area contributed by atoms with E-state index in [1.807, 2.05) is 45.0 Å². The van der Waals surface area contributed by atoms with E-state index < -0.39 is 5.60 Å². The predicted molar refractivity (Wildman–Crippen MR) is 92.0 cm³/mol. The van der Waals surface area contributed by atoms with Crippen molar-refractivity contribution in [3.63, 3.8) is 0 Å². The van der Waals surface area contributed by atoms with Gasteiger partial charge in [-0.1, -0.05) is 18.2 Å². The van der Waals surface area contributed by atoms with E-state index in [2.05, 4.69) is 10.2 Å². The second-order valence-electron chi connectivity index (χ2n) is 7.01. The van der Waals surface area contributed by atoms with Gasteiger partial charge in [-0.2, -0.15) is 0 Å². The zero-order valence-electron chi connectivity index (χ0n) is 14.2. The summed E-state index contributed by atoms with van der Waals surface area (Å²) in [4.78, 5) is 14.2. The zero-order chi connectivity index (χ0) is 17.0. The van der Waals surface area contributed by atoms with E-state index in [9.17, 15) is 4.79 Å². The molecular weight excluding hydrogens is 292 g/mol.